The minimum atomic E-state index is -3.66. The van der Waals surface area contributed by atoms with E-state index in [0.29, 0.717) is 5.52 Å². The molecule has 7 heteroatoms. The lowest BCUT2D eigenvalue weighted by molar-refractivity contribution is 0.413. The normalized spacial score (nSPS) is 15.3. The van der Waals surface area contributed by atoms with Crippen molar-refractivity contribution in [1.29, 1.82) is 0 Å². The molecule has 0 saturated carbocycles. The van der Waals surface area contributed by atoms with Crippen LogP contribution in [-0.2, 0) is 10.0 Å². The minimum absolute atomic E-state index is 0.283. The van der Waals surface area contributed by atoms with E-state index in [0.717, 1.165) is 48.6 Å². The first-order chi connectivity index (χ1) is 13.0. The summed E-state index contributed by atoms with van der Waals surface area (Å²) in [5, 5.41) is 4.22. The third-order valence-electron chi connectivity index (χ3n) is 5.00. The van der Waals surface area contributed by atoms with E-state index in [1.807, 2.05) is 37.3 Å². The molecule has 0 amide bonds. The Bertz CT molecular complexity index is 1070. The molecule has 1 aliphatic heterocycles. The number of methoxy groups -OCH3 is 1. The first-order valence-electron chi connectivity index (χ1n) is 8.98. The predicted molar refractivity (Wildman–Crippen MR) is 107 cm³/mol. The summed E-state index contributed by atoms with van der Waals surface area (Å²) in [6.45, 7) is 5.42. The summed E-state index contributed by atoms with van der Waals surface area (Å²) in [5.74, 6) is 0.759. The summed E-state index contributed by atoms with van der Waals surface area (Å²) in [6.07, 6.45) is 1.63. The van der Waals surface area contributed by atoms with E-state index in [4.69, 9.17) is 4.74 Å². The van der Waals surface area contributed by atoms with E-state index in [9.17, 15) is 8.42 Å². The summed E-state index contributed by atoms with van der Waals surface area (Å²) in [5.41, 5.74) is 2.64. The van der Waals surface area contributed by atoms with Gasteiger partial charge >= 0.3 is 0 Å². The molecule has 0 bridgehead atoms. The van der Waals surface area contributed by atoms with Crippen LogP contribution >= 0.6 is 0 Å². The van der Waals surface area contributed by atoms with Gasteiger partial charge in [0.05, 0.1) is 23.2 Å². The van der Waals surface area contributed by atoms with Crippen molar-refractivity contribution in [3.8, 4) is 5.75 Å². The molecule has 1 N–H and O–H groups in total. The SMILES string of the molecule is COc1ccc2c(ccn2S(=O)(=O)c2ccc(C)cc2)c1N1CCNCC1. The van der Waals surface area contributed by atoms with Gasteiger partial charge in [-0.2, -0.15) is 0 Å². The molecule has 0 spiro atoms. The molecule has 0 atom stereocenters. The van der Waals surface area contributed by atoms with E-state index < -0.39 is 10.0 Å². The number of aromatic nitrogens is 1. The van der Waals surface area contributed by atoms with Gasteiger partial charge in [-0.05, 0) is 37.3 Å². The Hall–Kier alpha value is -2.51. The molecule has 0 aliphatic carbocycles. The summed E-state index contributed by atoms with van der Waals surface area (Å²) < 4.78 is 33.3. The van der Waals surface area contributed by atoms with Gasteiger partial charge in [0.25, 0.3) is 10.0 Å². The lowest BCUT2D eigenvalue weighted by atomic mass is 10.1. The molecule has 1 fully saturated rings. The summed E-state index contributed by atoms with van der Waals surface area (Å²) in [4.78, 5) is 2.53. The van der Waals surface area contributed by atoms with Crippen LogP contribution in [0, 0.1) is 6.92 Å². The molecule has 0 radical (unpaired) electrons. The number of aryl methyl sites for hydroxylation is 1. The maximum absolute atomic E-state index is 13.2. The van der Waals surface area contributed by atoms with E-state index in [2.05, 4.69) is 10.2 Å². The van der Waals surface area contributed by atoms with Crippen LogP contribution in [0.1, 0.15) is 5.56 Å². The second kappa shape index (κ2) is 6.90. The van der Waals surface area contributed by atoms with Crippen molar-refractivity contribution in [1.82, 2.24) is 9.29 Å². The maximum atomic E-state index is 13.2. The van der Waals surface area contributed by atoms with E-state index in [1.54, 1.807) is 25.4 Å². The quantitative estimate of drug-likeness (QED) is 0.748. The lowest BCUT2D eigenvalue weighted by Gasteiger charge is -2.31. The van der Waals surface area contributed by atoms with Crippen LogP contribution in [0.4, 0.5) is 5.69 Å². The van der Waals surface area contributed by atoms with Crippen molar-refractivity contribution >= 4 is 26.6 Å². The average molecular weight is 385 g/mol. The second-order valence-corrected chi connectivity index (χ2v) is 8.53. The highest BCUT2D eigenvalue weighted by Gasteiger charge is 2.23. The van der Waals surface area contributed by atoms with E-state index in [-0.39, 0.29) is 4.90 Å². The lowest BCUT2D eigenvalue weighted by Crippen LogP contribution is -2.43. The van der Waals surface area contributed by atoms with Gasteiger partial charge in [-0.15, -0.1) is 0 Å². The fourth-order valence-electron chi connectivity index (χ4n) is 3.57. The van der Waals surface area contributed by atoms with E-state index >= 15 is 0 Å². The topological polar surface area (TPSA) is 63.6 Å². The number of benzene rings is 2. The predicted octanol–water partition coefficient (Wildman–Crippen LogP) is 2.60. The number of hydrogen-bond donors (Lipinski definition) is 1. The number of hydrogen-bond acceptors (Lipinski definition) is 5. The Morgan fingerprint density at radius 2 is 1.70 bits per heavy atom. The molecule has 142 valence electrons. The zero-order valence-corrected chi connectivity index (χ0v) is 16.3. The first-order valence-corrected chi connectivity index (χ1v) is 10.4. The molecule has 27 heavy (non-hydrogen) atoms. The summed E-state index contributed by atoms with van der Waals surface area (Å²) >= 11 is 0. The molecule has 2 heterocycles. The van der Waals surface area contributed by atoms with Crippen LogP contribution < -0.4 is 15.0 Å². The Morgan fingerprint density at radius 1 is 1.00 bits per heavy atom. The number of nitrogens with zero attached hydrogens (tertiary/aromatic N) is 2. The van der Waals surface area contributed by atoms with Crippen LogP contribution in [0.2, 0.25) is 0 Å². The number of fused-ring (bicyclic) bond motifs is 1. The van der Waals surface area contributed by atoms with Crippen molar-refractivity contribution in [2.24, 2.45) is 0 Å². The largest absolute Gasteiger partial charge is 0.495 e. The van der Waals surface area contributed by atoms with Crippen molar-refractivity contribution in [2.45, 2.75) is 11.8 Å². The fourth-order valence-corrected chi connectivity index (χ4v) is 4.92. The molecule has 0 unspecified atom stereocenters. The highest BCUT2D eigenvalue weighted by atomic mass is 32.2. The van der Waals surface area contributed by atoms with Crippen molar-refractivity contribution in [3.63, 3.8) is 0 Å². The monoisotopic (exact) mass is 385 g/mol. The van der Waals surface area contributed by atoms with Crippen molar-refractivity contribution < 1.29 is 13.2 Å². The average Bonchev–Trinajstić information content (AvgIpc) is 3.13. The van der Waals surface area contributed by atoms with Gasteiger partial charge < -0.3 is 15.0 Å². The van der Waals surface area contributed by atoms with Crippen molar-refractivity contribution in [3.05, 3.63) is 54.2 Å². The Balaban J connectivity index is 1.88. The molecule has 1 aromatic heterocycles. The smallest absolute Gasteiger partial charge is 0.268 e. The van der Waals surface area contributed by atoms with Crippen LogP contribution in [0.3, 0.4) is 0 Å². The summed E-state index contributed by atoms with van der Waals surface area (Å²) in [7, 11) is -2.02. The van der Waals surface area contributed by atoms with Crippen LogP contribution in [0.5, 0.6) is 5.75 Å². The third-order valence-corrected chi connectivity index (χ3v) is 6.71. The second-order valence-electron chi connectivity index (χ2n) is 6.72. The standard InChI is InChI=1S/C20H23N3O3S/c1-15-3-5-16(6-4-15)27(24,25)23-12-9-17-18(23)7-8-19(26-2)20(17)22-13-10-21-11-14-22/h3-9,12,21H,10-11,13-14H2,1-2H3. The Labute approximate surface area is 159 Å². The van der Waals surface area contributed by atoms with Crippen LogP contribution in [0.25, 0.3) is 10.9 Å². The number of piperazine rings is 1. The zero-order chi connectivity index (χ0) is 19.0. The summed E-state index contributed by atoms with van der Waals surface area (Å²) in [6, 6.07) is 12.4. The molecular weight excluding hydrogens is 362 g/mol. The van der Waals surface area contributed by atoms with Gasteiger partial charge in [-0.3, -0.25) is 0 Å². The molecule has 1 saturated heterocycles. The van der Waals surface area contributed by atoms with Gasteiger partial charge in [0.1, 0.15) is 5.75 Å². The van der Waals surface area contributed by atoms with Gasteiger partial charge in [0.15, 0.2) is 0 Å². The minimum Gasteiger partial charge on any atom is -0.495 e. The number of rotatable bonds is 4. The molecule has 4 rings (SSSR count). The maximum Gasteiger partial charge on any atom is 0.268 e. The Kier molecular flexibility index (Phi) is 4.57. The Morgan fingerprint density at radius 3 is 2.37 bits per heavy atom. The van der Waals surface area contributed by atoms with E-state index in [1.165, 1.54) is 3.97 Å². The zero-order valence-electron chi connectivity index (χ0n) is 15.5. The van der Waals surface area contributed by atoms with Crippen LogP contribution in [-0.4, -0.2) is 45.7 Å². The number of nitrogens with one attached hydrogen (secondary N) is 1. The van der Waals surface area contributed by atoms with Gasteiger partial charge in [0.2, 0.25) is 0 Å². The molecule has 6 nitrogen and oxygen atoms in total. The molecular formula is C20H23N3O3S. The first kappa shape index (κ1) is 17.9. The molecule has 1 aliphatic rings. The van der Waals surface area contributed by atoms with Gasteiger partial charge in [-0.1, -0.05) is 17.7 Å². The fraction of sp³-hybridized carbons (Fsp3) is 0.300. The van der Waals surface area contributed by atoms with Gasteiger partial charge in [0, 0.05) is 37.8 Å². The van der Waals surface area contributed by atoms with Crippen LogP contribution in [0.15, 0.2) is 53.6 Å². The van der Waals surface area contributed by atoms with Gasteiger partial charge in [-0.25, -0.2) is 12.4 Å². The molecule has 3 aromatic rings. The van der Waals surface area contributed by atoms with Crippen molar-refractivity contribution in [2.75, 3.05) is 38.2 Å². The number of ether oxygens (including phenoxy) is 1. The number of anilines is 1. The highest BCUT2D eigenvalue weighted by molar-refractivity contribution is 7.90. The third kappa shape index (κ3) is 3.07. The molecule has 2 aromatic carbocycles. The highest BCUT2D eigenvalue weighted by Crippen LogP contribution is 2.38.